The van der Waals surface area contributed by atoms with Gasteiger partial charge in [-0.3, -0.25) is 0 Å². The Morgan fingerprint density at radius 1 is 1.12 bits per heavy atom. The van der Waals surface area contributed by atoms with Crippen molar-refractivity contribution in [3.8, 4) is 10.6 Å². The molecule has 0 atom stereocenters. The van der Waals surface area contributed by atoms with E-state index in [1.54, 1.807) is 0 Å². The van der Waals surface area contributed by atoms with Gasteiger partial charge >= 0.3 is 6.18 Å². The van der Waals surface area contributed by atoms with E-state index in [0.717, 1.165) is 17.4 Å². The van der Waals surface area contributed by atoms with Gasteiger partial charge in [0.25, 0.3) is 0 Å². The van der Waals surface area contributed by atoms with Crippen LogP contribution in [-0.2, 0) is 6.18 Å². The summed E-state index contributed by atoms with van der Waals surface area (Å²) < 4.78 is 38.4. The van der Waals surface area contributed by atoms with Gasteiger partial charge in [-0.15, -0.1) is 22.8 Å². The number of hydrogen-bond acceptors (Lipinski definition) is 4. The smallest absolute Gasteiger partial charge is 0.166 e. The zero-order chi connectivity index (χ0) is 11.8. The Balaban J connectivity index is 2.57. The molecular weight excluding hydrogens is 257 g/mol. The first-order valence-electron chi connectivity index (χ1n) is 4.17. The highest BCUT2D eigenvalue weighted by atomic mass is 32.2. The highest BCUT2D eigenvalue weighted by Crippen LogP contribution is 2.38. The Kier molecular flexibility index (Phi) is 2.90. The summed E-state index contributed by atoms with van der Waals surface area (Å²) >= 11 is 4.94. The van der Waals surface area contributed by atoms with Gasteiger partial charge in [0, 0.05) is 5.56 Å². The maximum atomic E-state index is 12.7. The fraction of sp³-hybridized carbons (Fsp3) is 0.111. The predicted octanol–water partition coefficient (Wildman–Crippen LogP) is 3.51. The lowest BCUT2D eigenvalue weighted by molar-refractivity contribution is -0.137. The molecule has 1 heterocycles. The van der Waals surface area contributed by atoms with Crippen molar-refractivity contribution < 1.29 is 13.2 Å². The van der Waals surface area contributed by atoms with Gasteiger partial charge < -0.3 is 0 Å². The molecule has 0 aliphatic rings. The minimum atomic E-state index is -4.39. The molecule has 1 aromatic heterocycles. The second-order valence-corrected chi connectivity index (χ2v) is 4.64. The van der Waals surface area contributed by atoms with Crippen LogP contribution < -0.4 is 0 Å². The van der Waals surface area contributed by atoms with Gasteiger partial charge in [-0.2, -0.15) is 13.2 Å². The van der Waals surface area contributed by atoms with Gasteiger partial charge in [0.15, 0.2) is 4.34 Å². The molecule has 16 heavy (non-hydrogen) atoms. The fourth-order valence-electron chi connectivity index (χ4n) is 1.24. The number of benzene rings is 1. The molecule has 0 saturated heterocycles. The summed E-state index contributed by atoms with van der Waals surface area (Å²) in [5.41, 5.74) is -0.674. The van der Waals surface area contributed by atoms with E-state index >= 15 is 0 Å². The Labute approximate surface area is 98.6 Å². The summed E-state index contributed by atoms with van der Waals surface area (Å²) in [6, 6.07) is 5.27. The molecule has 2 nitrogen and oxygen atoms in total. The van der Waals surface area contributed by atoms with E-state index in [0.29, 0.717) is 4.34 Å². The largest absolute Gasteiger partial charge is 0.417 e. The lowest BCUT2D eigenvalue weighted by Gasteiger charge is -2.09. The normalized spacial score (nSPS) is 11.8. The second-order valence-electron chi connectivity index (χ2n) is 2.93. The van der Waals surface area contributed by atoms with E-state index < -0.39 is 11.7 Å². The first-order valence-corrected chi connectivity index (χ1v) is 5.44. The van der Waals surface area contributed by atoms with Crippen LogP contribution in [0.25, 0.3) is 10.6 Å². The number of nitrogens with zero attached hydrogens (tertiary/aromatic N) is 2. The minimum Gasteiger partial charge on any atom is -0.166 e. The van der Waals surface area contributed by atoms with Gasteiger partial charge in [-0.05, 0) is 6.07 Å². The molecule has 2 rings (SSSR count). The molecule has 2 aromatic rings. The van der Waals surface area contributed by atoms with Crippen LogP contribution in [0.15, 0.2) is 28.6 Å². The average molecular weight is 262 g/mol. The average Bonchev–Trinajstić information content (AvgIpc) is 2.64. The van der Waals surface area contributed by atoms with Crippen LogP contribution in [-0.4, -0.2) is 10.2 Å². The molecule has 0 N–H and O–H groups in total. The van der Waals surface area contributed by atoms with Crippen molar-refractivity contribution in [1.82, 2.24) is 10.2 Å². The molecule has 84 valence electrons. The van der Waals surface area contributed by atoms with Gasteiger partial charge in [-0.25, -0.2) is 0 Å². The van der Waals surface area contributed by atoms with E-state index in [9.17, 15) is 13.2 Å². The molecule has 0 amide bonds. The predicted molar refractivity (Wildman–Crippen MR) is 57.6 cm³/mol. The van der Waals surface area contributed by atoms with Crippen molar-refractivity contribution in [1.29, 1.82) is 0 Å². The molecule has 0 aliphatic heterocycles. The highest BCUT2D eigenvalue weighted by molar-refractivity contribution is 7.82. The molecule has 7 heteroatoms. The molecule has 0 unspecified atom stereocenters. The van der Waals surface area contributed by atoms with Gasteiger partial charge in [0.05, 0.1) is 5.56 Å². The number of alkyl halides is 3. The third-order valence-corrected chi connectivity index (χ3v) is 3.00. The van der Waals surface area contributed by atoms with Crippen LogP contribution in [0.1, 0.15) is 5.56 Å². The van der Waals surface area contributed by atoms with Crippen molar-refractivity contribution in [2.75, 3.05) is 0 Å². The van der Waals surface area contributed by atoms with E-state index in [4.69, 9.17) is 0 Å². The first-order chi connectivity index (χ1) is 7.48. The van der Waals surface area contributed by atoms with E-state index in [-0.39, 0.29) is 10.6 Å². The molecule has 0 radical (unpaired) electrons. The van der Waals surface area contributed by atoms with Crippen LogP contribution in [0.4, 0.5) is 13.2 Å². The minimum absolute atomic E-state index is 0.0350. The Bertz CT molecular complexity index is 507. The zero-order valence-electron chi connectivity index (χ0n) is 7.69. The third kappa shape index (κ3) is 2.19. The topological polar surface area (TPSA) is 25.8 Å². The molecule has 0 bridgehead atoms. The van der Waals surface area contributed by atoms with Crippen LogP contribution in [0, 0.1) is 0 Å². The van der Waals surface area contributed by atoms with Gasteiger partial charge in [0.2, 0.25) is 0 Å². The summed E-state index contributed by atoms with van der Waals surface area (Å²) in [6.45, 7) is 0. The number of aromatic nitrogens is 2. The Morgan fingerprint density at radius 2 is 1.81 bits per heavy atom. The SMILES string of the molecule is FC(F)(F)c1ccccc1-c1nnc(S)s1. The monoisotopic (exact) mass is 262 g/mol. The molecule has 0 fully saturated rings. The summed E-state index contributed by atoms with van der Waals surface area (Å²) in [5, 5.41) is 7.45. The van der Waals surface area contributed by atoms with Crippen LogP contribution in [0.2, 0.25) is 0 Å². The van der Waals surface area contributed by atoms with Crippen LogP contribution in [0.3, 0.4) is 0 Å². The summed E-state index contributed by atoms with van der Waals surface area (Å²) in [5.74, 6) is 0. The highest BCUT2D eigenvalue weighted by Gasteiger charge is 2.34. The maximum absolute atomic E-state index is 12.7. The summed E-state index contributed by atoms with van der Waals surface area (Å²) in [4.78, 5) is 0. The lowest BCUT2D eigenvalue weighted by atomic mass is 10.1. The Hall–Kier alpha value is -1.08. The van der Waals surface area contributed by atoms with E-state index in [2.05, 4.69) is 22.8 Å². The maximum Gasteiger partial charge on any atom is 0.417 e. The van der Waals surface area contributed by atoms with Crippen LogP contribution in [0.5, 0.6) is 0 Å². The molecule has 0 saturated carbocycles. The van der Waals surface area contributed by atoms with E-state index in [1.165, 1.54) is 18.2 Å². The second kappa shape index (κ2) is 4.06. The van der Waals surface area contributed by atoms with Crippen LogP contribution >= 0.6 is 24.0 Å². The van der Waals surface area contributed by atoms with Crippen molar-refractivity contribution >= 4 is 24.0 Å². The quantitative estimate of drug-likeness (QED) is 0.796. The summed E-state index contributed by atoms with van der Waals surface area (Å²) in [7, 11) is 0. The first kappa shape index (κ1) is 11.4. The number of halogens is 3. The third-order valence-electron chi connectivity index (χ3n) is 1.88. The van der Waals surface area contributed by atoms with Gasteiger partial charge in [-0.1, -0.05) is 29.5 Å². The molecule has 0 spiro atoms. The molecular formula is C9H5F3N2S2. The van der Waals surface area contributed by atoms with Crippen molar-refractivity contribution in [3.63, 3.8) is 0 Å². The molecule has 0 aliphatic carbocycles. The fourth-order valence-corrected chi connectivity index (χ4v) is 2.17. The van der Waals surface area contributed by atoms with Gasteiger partial charge in [0.1, 0.15) is 5.01 Å². The Morgan fingerprint density at radius 3 is 2.38 bits per heavy atom. The lowest BCUT2D eigenvalue weighted by Crippen LogP contribution is -2.06. The number of thiol groups is 1. The van der Waals surface area contributed by atoms with Crippen molar-refractivity contribution in [2.45, 2.75) is 10.5 Å². The van der Waals surface area contributed by atoms with Crippen molar-refractivity contribution in [3.05, 3.63) is 29.8 Å². The number of rotatable bonds is 1. The standard InChI is InChI=1S/C9H5F3N2S2/c10-9(11,12)6-4-2-1-3-5(6)7-13-14-8(15)16-7/h1-4H,(H,14,15). The molecule has 1 aromatic carbocycles. The zero-order valence-corrected chi connectivity index (χ0v) is 9.40. The van der Waals surface area contributed by atoms with Crippen molar-refractivity contribution in [2.24, 2.45) is 0 Å². The number of hydrogen-bond donors (Lipinski definition) is 1. The van der Waals surface area contributed by atoms with E-state index in [1.807, 2.05) is 0 Å². The summed E-state index contributed by atoms with van der Waals surface area (Å²) in [6.07, 6.45) is -4.39.